The van der Waals surface area contributed by atoms with Crippen molar-refractivity contribution in [3.05, 3.63) is 34.9 Å². The highest BCUT2D eigenvalue weighted by Crippen LogP contribution is 2.66. The van der Waals surface area contributed by atoms with Crippen LogP contribution in [-0.2, 0) is 11.3 Å². The Morgan fingerprint density at radius 3 is 1.07 bits per heavy atom. The summed E-state index contributed by atoms with van der Waals surface area (Å²) in [4.78, 5) is 0. The molecule has 252 valence electrons. The van der Waals surface area contributed by atoms with E-state index in [0.29, 0.717) is 11.1 Å². The van der Waals surface area contributed by atoms with Crippen molar-refractivity contribution >= 4 is 0 Å². The van der Waals surface area contributed by atoms with Crippen molar-refractivity contribution in [3.63, 3.8) is 0 Å². The molecular formula is C21H15F21O. The summed E-state index contributed by atoms with van der Waals surface area (Å²) in [6.45, 7) is 0.491. The lowest BCUT2D eigenvalue weighted by Crippen LogP contribution is -2.76. The van der Waals surface area contributed by atoms with Crippen molar-refractivity contribution in [2.75, 3.05) is 6.61 Å². The molecule has 0 spiro atoms. The van der Waals surface area contributed by atoms with E-state index in [0.717, 1.165) is 0 Å². The number of alkyl halides is 21. The van der Waals surface area contributed by atoms with E-state index in [-0.39, 0.29) is 5.56 Å². The van der Waals surface area contributed by atoms with Crippen LogP contribution in [-0.4, -0.2) is 66.1 Å². The molecule has 1 nitrogen and oxygen atoms in total. The van der Waals surface area contributed by atoms with Gasteiger partial charge in [0.25, 0.3) is 0 Å². The molecule has 0 aliphatic carbocycles. The second-order valence-electron chi connectivity index (χ2n) is 9.10. The van der Waals surface area contributed by atoms with Crippen molar-refractivity contribution < 1.29 is 96.9 Å². The minimum atomic E-state index is -9.18. The molecule has 1 rings (SSSR count). The fourth-order valence-electron chi connectivity index (χ4n) is 3.29. The summed E-state index contributed by atoms with van der Waals surface area (Å²) in [5, 5.41) is 0. The van der Waals surface area contributed by atoms with Gasteiger partial charge in [0.05, 0.1) is 13.2 Å². The Hall–Kier alpha value is -2.29. The van der Waals surface area contributed by atoms with Gasteiger partial charge in [0.15, 0.2) is 0 Å². The highest BCUT2D eigenvalue weighted by molar-refractivity contribution is 5.28. The van der Waals surface area contributed by atoms with E-state index < -0.39 is 79.1 Å². The highest BCUT2D eigenvalue weighted by atomic mass is 19.4. The molecule has 0 radical (unpaired) electrons. The molecule has 0 saturated heterocycles. The van der Waals surface area contributed by atoms with Crippen LogP contribution in [0.25, 0.3) is 0 Å². The van der Waals surface area contributed by atoms with Crippen LogP contribution >= 0.6 is 0 Å². The predicted molar refractivity (Wildman–Crippen MR) is 101 cm³/mol. The van der Waals surface area contributed by atoms with E-state index in [1.165, 1.54) is 26.0 Å². The lowest BCUT2D eigenvalue weighted by molar-refractivity contribution is -0.474. The number of benzene rings is 1. The molecule has 0 saturated carbocycles. The van der Waals surface area contributed by atoms with Gasteiger partial charge >= 0.3 is 59.5 Å². The van der Waals surface area contributed by atoms with E-state index in [4.69, 9.17) is 0 Å². The van der Waals surface area contributed by atoms with Gasteiger partial charge in [0, 0.05) is 6.42 Å². The Kier molecular flexibility index (Phi) is 9.87. The van der Waals surface area contributed by atoms with E-state index in [9.17, 15) is 92.2 Å². The third-order valence-electron chi connectivity index (χ3n) is 5.69. The van der Waals surface area contributed by atoms with Crippen LogP contribution in [0.3, 0.4) is 0 Å². The maximum absolute atomic E-state index is 13.9. The average Bonchev–Trinajstić information content (AvgIpc) is 2.79. The Bertz CT molecular complexity index is 1110. The molecule has 0 aliphatic rings. The maximum Gasteiger partial charge on any atom is 0.460 e. The third kappa shape index (κ3) is 5.80. The number of hydrogen-bond acceptors (Lipinski definition) is 1. The molecule has 22 heteroatoms. The number of ether oxygens (including phenoxy) is 1. The van der Waals surface area contributed by atoms with Crippen LogP contribution in [0.4, 0.5) is 92.2 Å². The Labute approximate surface area is 225 Å². The van der Waals surface area contributed by atoms with Gasteiger partial charge in [0.2, 0.25) is 0 Å². The zero-order valence-corrected chi connectivity index (χ0v) is 20.7. The van der Waals surface area contributed by atoms with E-state index in [1.54, 1.807) is 6.07 Å². The second-order valence-corrected chi connectivity index (χ2v) is 9.10. The van der Waals surface area contributed by atoms with Crippen LogP contribution < -0.4 is 0 Å². The van der Waals surface area contributed by atoms with Crippen LogP contribution in [0.1, 0.15) is 23.1 Å². The highest BCUT2D eigenvalue weighted by Gasteiger charge is 2.97. The molecule has 0 N–H and O–H groups in total. The van der Waals surface area contributed by atoms with E-state index in [2.05, 4.69) is 4.74 Å². The topological polar surface area (TPSA) is 9.23 Å². The van der Waals surface area contributed by atoms with E-state index in [1.807, 2.05) is 0 Å². The van der Waals surface area contributed by atoms with Gasteiger partial charge in [0.1, 0.15) is 0 Å². The van der Waals surface area contributed by atoms with Crippen LogP contribution in [0.5, 0.6) is 0 Å². The molecule has 0 heterocycles. The van der Waals surface area contributed by atoms with Gasteiger partial charge in [-0.25, -0.2) is 0 Å². The Morgan fingerprint density at radius 2 is 0.744 bits per heavy atom. The average molecular weight is 682 g/mol. The van der Waals surface area contributed by atoms with Gasteiger partial charge in [-0.1, -0.05) is 29.3 Å². The first-order valence-corrected chi connectivity index (χ1v) is 10.7. The molecule has 0 unspecified atom stereocenters. The summed E-state index contributed by atoms with van der Waals surface area (Å²) >= 11 is 0. The predicted octanol–water partition coefficient (Wildman–Crippen LogP) is 9.49. The first-order chi connectivity index (χ1) is 18.6. The zero-order valence-electron chi connectivity index (χ0n) is 20.7. The van der Waals surface area contributed by atoms with Crippen LogP contribution in [0.2, 0.25) is 0 Å². The summed E-state index contributed by atoms with van der Waals surface area (Å²) < 4.78 is 285. The van der Waals surface area contributed by atoms with Gasteiger partial charge in [-0.05, 0) is 19.4 Å². The monoisotopic (exact) mass is 682 g/mol. The minimum absolute atomic E-state index is 0.139. The second kappa shape index (κ2) is 11.0. The van der Waals surface area contributed by atoms with Crippen molar-refractivity contribution in [1.82, 2.24) is 0 Å². The lowest BCUT2D eigenvalue weighted by Gasteiger charge is -2.44. The molecule has 43 heavy (non-hydrogen) atoms. The summed E-state index contributed by atoms with van der Waals surface area (Å²) in [5.41, 5.74) is 1.20. The van der Waals surface area contributed by atoms with Crippen LogP contribution in [0.15, 0.2) is 18.2 Å². The smallest absolute Gasteiger partial charge is 0.377 e. The molecule has 0 fully saturated rings. The van der Waals surface area contributed by atoms with Crippen molar-refractivity contribution in [1.29, 1.82) is 0 Å². The number of aryl methyl sites for hydroxylation is 2. The van der Waals surface area contributed by atoms with E-state index >= 15 is 0 Å². The van der Waals surface area contributed by atoms with Gasteiger partial charge in [-0.15, -0.1) is 0 Å². The lowest BCUT2D eigenvalue weighted by atomic mass is 9.86. The first-order valence-electron chi connectivity index (χ1n) is 10.7. The maximum atomic E-state index is 13.9. The summed E-state index contributed by atoms with van der Waals surface area (Å²) in [6, 6.07) is 4.21. The molecule has 0 bridgehead atoms. The number of hydrogen-bond donors (Lipinski definition) is 0. The summed E-state index contributed by atoms with van der Waals surface area (Å²) in [5.74, 6) is -76.9. The molecule has 0 atom stereocenters. The first kappa shape index (κ1) is 38.7. The zero-order chi connectivity index (χ0) is 34.7. The normalized spacial score (nSPS) is 15.7. The fraction of sp³-hybridized carbons (Fsp3) is 0.714. The largest absolute Gasteiger partial charge is 0.460 e. The molecule has 1 aromatic rings. The van der Waals surface area contributed by atoms with Gasteiger partial charge < -0.3 is 4.74 Å². The van der Waals surface area contributed by atoms with Crippen molar-refractivity contribution in [3.8, 4) is 0 Å². The van der Waals surface area contributed by atoms with Crippen molar-refractivity contribution in [2.24, 2.45) is 0 Å². The summed E-state index contributed by atoms with van der Waals surface area (Å²) in [7, 11) is 0. The molecular weight excluding hydrogens is 667 g/mol. The molecule has 0 amide bonds. The molecule has 0 aliphatic heterocycles. The number of halogens is 21. The SMILES string of the molecule is Cc1cc(C)cc(COCCC(F)(F)C(F)(F)C(F)(F)C(F)(F)C(F)(F)C(F)(F)C(F)(F)C(F)(F)C(F)(F)C(F)(F)F)c1. The third-order valence-corrected chi connectivity index (χ3v) is 5.69. The standard InChI is InChI=1S/C21H15F21O/c1-9-5-10(2)7-11(6-9)8-43-4-3-12(22,23)13(24,25)14(26,27)15(28,29)16(30,31)17(32,33)18(34,35)19(36,37)20(38,39)21(40,41)42/h5-7H,3-4,8H2,1-2H3. The Morgan fingerprint density at radius 1 is 0.442 bits per heavy atom. The van der Waals surface area contributed by atoms with Gasteiger partial charge in [-0.2, -0.15) is 92.2 Å². The van der Waals surface area contributed by atoms with Gasteiger partial charge in [-0.3, -0.25) is 0 Å². The minimum Gasteiger partial charge on any atom is -0.377 e. The quantitative estimate of drug-likeness (QED) is 0.149. The molecule has 0 aromatic heterocycles. The summed E-state index contributed by atoms with van der Waals surface area (Å²) in [6.07, 6.45) is -10.8. The van der Waals surface area contributed by atoms with Crippen molar-refractivity contribution in [2.45, 2.75) is 86.4 Å². The van der Waals surface area contributed by atoms with Crippen LogP contribution in [0, 0.1) is 13.8 Å². The molecule has 1 aromatic carbocycles. The Balaban J connectivity index is 3.44. The number of rotatable bonds is 13. The fourth-order valence-corrected chi connectivity index (χ4v) is 3.29.